The van der Waals surface area contributed by atoms with Gasteiger partial charge < -0.3 is 15.0 Å². The number of hydrogen-bond acceptors (Lipinski definition) is 7. The highest BCUT2D eigenvalue weighted by Crippen LogP contribution is 2.28. The molecule has 2 aromatic carbocycles. The van der Waals surface area contributed by atoms with E-state index in [0.717, 1.165) is 36.7 Å². The fourth-order valence-corrected chi connectivity index (χ4v) is 3.92. The number of nitro groups is 1. The van der Waals surface area contributed by atoms with Crippen molar-refractivity contribution in [1.82, 2.24) is 0 Å². The van der Waals surface area contributed by atoms with E-state index in [9.17, 15) is 18.5 Å². The van der Waals surface area contributed by atoms with Gasteiger partial charge in [-0.1, -0.05) is 18.2 Å². The molecule has 1 heterocycles. The van der Waals surface area contributed by atoms with Crippen LogP contribution in [-0.4, -0.2) is 45.9 Å². The van der Waals surface area contributed by atoms with Crippen molar-refractivity contribution < 1.29 is 18.1 Å². The minimum atomic E-state index is -3.62. The van der Waals surface area contributed by atoms with Crippen molar-refractivity contribution in [3.63, 3.8) is 0 Å². The molecule has 1 N–H and O–H groups in total. The van der Waals surface area contributed by atoms with Crippen molar-refractivity contribution in [2.75, 3.05) is 42.8 Å². The highest BCUT2D eigenvalue weighted by molar-refractivity contribution is 7.90. The summed E-state index contributed by atoms with van der Waals surface area (Å²) in [6, 6.07) is 11.7. The molecule has 3 rings (SSSR count). The summed E-state index contributed by atoms with van der Waals surface area (Å²) in [6.45, 7) is 3.32. The maximum atomic E-state index is 12.1. The smallest absolute Gasteiger partial charge is 0.270 e. The highest BCUT2D eigenvalue weighted by atomic mass is 32.2. The lowest BCUT2D eigenvalue weighted by atomic mass is 10.1. The molecule has 1 aliphatic heterocycles. The molecule has 0 atom stereocenters. The van der Waals surface area contributed by atoms with Crippen LogP contribution in [0.15, 0.2) is 47.4 Å². The molecule has 2 aromatic rings. The summed E-state index contributed by atoms with van der Waals surface area (Å²) < 4.78 is 29.5. The van der Waals surface area contributed by atoms with Crippen LogP contribution in [-0.2, 0) is 21.1 Å². The van der Waals surface area contributed by atoms with Crippen LogP contribution in [0, 0.1) is 10.1 Å². The summed E-state index contributed by atoms with van der Waals surface area (Å²) in [4.78, 5) is 12.5. The minimum absolute atomic E-state index is 0.0828. The number of morpholine rings is 1. The number of rotatable bonds is 6. The first-order valence-electron chi connectivity index (χ1n) is 8.49. The molecule has 0 amide bonds. The predicted molar refractivity (Wildman–Crippen MR) is 103 cm³/mol. The molecule has 0 bridgehead atoms. The summed E-state index contributed by atoms with van der Waals surface area (Å²) in [5.74, 6) is 0. The molecule has 0 unspecified atom stereocenters. The number of non-ortho nitro benzene ring substituents is 1. The summed E-state index contributed by atoms with van der Waals surface area (Å²) in [5, 5.41) is 14.1. The summed E-state index contributed by atoms with van der Waals surface area (Å²) in [5.41, 5.74) is 2.17. The van der Waals surface area contributed by atoms with Gasteiger partial charge in [0.15, 0.2) is 9.84 Å². The lowest BCUT2D eigenvalue weighted by molar-refractivity contribution is -0.385. The van der Waals surface area contributed by atoms with Gasteiger partial charge in [0, 0.05) is 43.7 Å². The zero-order valence-corrected chi connectivity index (χ0v) is 15.7. The van der Waals surface area contributed by atoms with E-state index in [-0.39, 0.29) is 10.6 Å². The number of nitrogens with one attached hydrogen (secondary N) is 1. The molecule has 27 heavy (non-hydrogen) atoms. The first-order valence-corrected chi connectivity index (χ1v) is 10.4. The van der Waals surface area contributed by atoms with Crippen molar-refractivity contribution in [2.45, 2.75) is 11.4 Å². The van der Waals surface area contributed by atoms with Crippen LogP contribution in [0.5, 0.6) is 0 Å². The zero-order valence-electron chi connectivity index (χ0n) is 14.9. The van der Waals surface area contributed by atoms with Crippen molar-refractivity contribution >= 4 is 26.9 Å². The molecule has 144 valence electrons. The largest absolute Gasteiger partial charge is 0.380 e. The summed E-state index contributed by atoms with van der Waals surface area (Å²) in [6.07, 6.45) is 1.04. The Morgan fingerprint density at radius 1 is 1.19 bits per heavy atom. The van der Waals surface area contributed by atoms with Gasteiger partial charge in [0.2, 0.25) is 0 Å². The molecule has 0 saturated carbocycles. The quantitative estimate of drug-likeness (QED) is 0.596. The molecular weight excluding hydrogens is 370 g/mol. The zero-order chi connectivity index (χ0) is 19.4. The van der Waals surface area contributed by atoms with Crippen LogP contribution in [0.4, 0.5) is 17.1 Å². The third-order valence-corrected chi connectivity index (χ3v) is 5.52. The molecule has 1 saturated heterocycles. The number of nitro benzene ring substituents is 1. The van der Waals surface area contributed by atoms with Crippen molar-refractivity contribution in [2.24, 2.45) is 0 Å². The maximum Gasteiger partial charge on any atom is 0.270 e. The molecule has 9 heteroatoms. The number of anilines is 2. The Hall–Kier alpha value is -2.65. The van der Waals surface area contributed by atoms with E-state index in [1.54, 1.807) is 0 Å². The Morgan fingerprint density at radius 2 is 1.89 bits per heavy atom. The fraction of sp³-hybridized carbons (Fsp3) is 0.333. The molecule has 0 aromatic heterocycles. The lowest BCUT2D eigenvalue weighted by Crippen LogP contribution is -2.36. The van der Waals surface area contributed by atoms with Gasteiger partial charge in [0.1, 0.15) is 0 Å². The van der Waals surface area contributed by atoms with E-state index in [2.05, 4.69) is 10.2 Å². The number of benzene rings is 2. The van der Waals surface area contributed by atoms with Crippen LogP contribution < -0.4 is 10.2 Å². The fourth-order valence-electron chi connectivity index (χ4n) is 3.04. The van der Waals surface area contributed by atoms with Crippen LogP contribution >= 0.6 is 0 Å². The SMILES string of the molecule is CS(=O)(=O)c1cc([N+](=O)[O-])ccc1NCc1ccccc1N1CCOCC1. The molecule has 0 aliphatic carbocycles. The van der Waals surface area contributed by atoms with Crippen molar-refractivity contribution in [3.8, 4) is 0 Å². The van der Waals surface area contributed by atoms with E-state index in [4.69, 9.17) is 4.74 Å². The number of sulfone groups is 1. The van der Waals surface area contributed by atoms with Gasteiger partial charge in [0.25, 0.3) is 5.69 Å². The van der Waals surface area contributed by atoms with E-state index in [0.29, 0.717) is 25.4 Å². The highest BCUT2D eigenvalue weighted by Gasteiger charge is 2.19. The van der Waals surface area contributed by atoms with E-state index in [1.165, 1.54) is 12.1 Å². The lowest BCUT2D eigenvalue weighted by Gasteiger charge is -2.30. The molecular formula is C18H21N3O5S. The summed E-state index contributed by atoms with van der Waals surface area (Å²) in [7, 11) is -3.62. The van der Waals surface area contributed by atoms with E-state index >= 15 is 0 Å². The molecule has 1 aliphatic rings. The average Bonchev–Trinajstić information content (AvgIpc) is 2.66. The third-order valence-electron chi connectivity index (χ3n) is 4.39. The maximum absolute atomic E-state index is 12.1. The Balaban J connectivity index is 1.86. The van der Waals surface area contributed by atoms with Gasteiger partial charge in [-0.15, -0.1) is 0 Å². The molecule has 0 spiro atoms. The normalized spacial score (nSPS) is 14.8. The number of ether oxygens (including phenoxy) is 1. The van der Waals surface area contributed by atoms with Gasteiger partial charge in [-0.25, -0.2) is 8.42 Å². The topological polar surface area (TPSA) is 102 Å². The first-order chi connectivity index (χ1) is 12.9. The van der Waals surface area contributed by atoms with Crippen LogP contribution in [0.2, 0.25) is 0 Å². The molecule has 0 radical (unpaired) electrons. The van der Waals surface area contributed by atoms with Crippen molar-refractivity contribution in [3.05, 3.63) is 58.1 Å². The second-order valence-corrected chi connectivity index (χ2v) is 8.28. The Bertz CT molecular complexity index is 940. The van der Waals surface area contributed by atoms with Crippen LogP contribution in [0.1, 0.15) is 5.56 Å². The Labute approximate surface area is 157 Å². The molecule has 1 fully saturated rings. The standard InChI is InChI=1S/C18H21N3O5S/c1-27(24,25)18-12-15(21(22)23)6-7-16(18)19-13-14-4-2-3-5-17(14)20-8-10-26-11-9-20/h2-7,12,19H,8-11,13H2,1H3. The van der Waals surface area contributed by atoms with Gasteiger partial charge in [-0.05, 0) is 17.7 Å². The van der Waals surface area contributed by atoms with Crippen LogP contribution in [0.25, 0.3) is 0 Å². The third kappa shape index (κ3) is 4.55. The second-order valence-electron chi connectivity index (χ2n) is 6.29. The van der Waals surface area contributed by atoms with E-state index < -0.39 is 14.8 Å². The molecule has 8 nitrogen and oxygen atoms in total. The van der Waals surface area contributed by atoms with E-state index in [1.807, 2.05) is 24.3 Å². The Kier molecular flexibility index (Phi) is 5.62. The van der Waals surface area contributed by atoms with Gasteiger partial charge in [-0.3, -0.25) is 10.1 Å². The average molecular weight is 391 g/mol. The van der Waals surface area contributed by atoms with Crippen molar-refractivity contribution in [1.29, 1.82) is 0 Å². The summed E-state index contributed by atoms with van der Waals surface area (Å²) >= 11 is 0. The van der Waals surface area contributed by atoms with Gasteiger partial charge in [0.05, 0.1) is 28.7 Å². The monoisotopic (exact) mass is 391 g/mol. The first kappa shape index (κ1) is 19.1. The van der Waals surface area contributed by atoms with Crippen LogP contribution in [0.3, 0.4) is 0 Å². The second kappa shape index (κ2) is 7.93. The van der Waals surface area contributed by atoms with Gasteiger partial charge in [-0.2, -0.15) is 0 Å². The number of nitrogens with zero attached hydrogens (tertiary/aromatic N) is 2. The predicted octanol–water partition coefficient (Wildman–Crippen LogP) is 2.45. The Morgan fingerprint density at radius 3 is 2.56 bits per heavy atom. The number of para-hydroxylation sites is 1. The van der Waals surface area contributed by atoms with Gasteiger partial charge >= 0.3 is 0 Å². The number of hydrogen-bond donors (Lipinski definition) is 1. The minimum Gasteiger partial charge on any atom is -0.380 e.